The van der Waals surface area contributed by atoms with Crippen LogP contribution in [0, 0.1) is 47.9 Å². The van der Waals surface area contributed by atoms with Gasteiger partial charge in [-0.25, -0.2) is 0 Å². The Balaban J connectivity index is 2.12. The van der Waals surface area contributed by atoms with Gasteiger partial charge in [-0.3, -0.25) is 0 Å². The van der Waals surface area contributed by atoms with Crippen molar-refractivity contribution in [3.63, 3.8) is 0 Å². The summed E-state index contributed by atoms with van der Waals surface area (Å²) in [5, 5.41) is 10.4. The summed E-state index contributed by atoms with van der Waals surface area (Å²) in [6.45, 7) is 10.3. The van der Waals surface area contributed by atoms with Crippen LogP contribution < -0.4 is 0 Å². The summed E-state index contributed by atoms with van der Waals surface area (Å²) in [4.78, 5) is 0. The molecule has 2 rings (SSSR count). The average molecular weight is 385 g/mol. The summed E-state index contributed by atoms with van der Waals surface area (Å²) in [6.07, 6.45) is 10.5. The van der Waals surface area contributed by atoms with Gasteiger partial charge in [0, 0.05) is 24.4 Å². The van der Waals surface area contributed by atoms with Crippen molar-refractivity contribution < 1.29 is 9.84 Å². The van der Waals surface area contributed by atoms with Gasteiger partial charge < -0.3 is 9.84 Å². The molecule has 0 amide bonds. The van der Waals surface area contributed by atoms with Crippen molar-refractivity contribution in [1.82, 2.24) is 0 Å². The molecule has 0 bridgehead atoms. The summed E-state index contributed by atoms with van der Waals surface area (Å²) >= 11 is 3.96. The van der Waals surface area contributed by atoms with Gasteiger partial charge in [-0.15, -0.1) is 35.9 Å². The SMILES string of the molecule is C#CC1CCC(C(CO)C(C)C)CC1C(SC1OCCCS1)C(C)C. The molecule has 1 heterocycles. The quantitative estimate of drug-likeness (QED) is 0.618. The van der Waals surface area contributed by atoms with E-state index >= 15 is 0 Å². The molecule has 6 unspecified atom stereocenters. The van der Waals surface area contributed by atoms with Crippen molar-refractivity contribution in [3.05, 3.63) is 0 Å². The standard InChI is InChI=1S/C21H36O2S2/c1-6-16-8-9-17(19(13-22)14(2)3)12-18(16)20(15(4)5)25-21-23-10-7-11-24-21/h1,14-22H,7-13H2,2-5H3. The lowest BCUT2D eigenvalue weighted by atomic mass is 9.66. The first kappa shape index (κ1) is 21.5. The van der Waals surface area contributed by atoms with Gasteiger partial charge in [0.2, 0.25) is 0 Å². The highest BCUT2D eigenvalue weighted by Gasteiger charge is 2.40. The molecule has 4 heteroatoms. The van der Waals surface area contributed by atoms with Crippen LogP contribution in [-0.2, 0) is 4.74 Å². The van der Waals surface area contributed by atoms with Crippen LogP contribution in [0.5, 0.6) is 0 Å². The van der Waals surface area contributed by atoms with Crippen LogP contribution in [0.25, 0.3) is 0 Å². The molecule has 1 N–H and O–H groups in total. The van der Waals surface area contributed by atoms with E-state index in [1.54, 1.807) is 0 Å². The van der Waals surface area contributed by atoms with Crippen LogP contribution in [0.2, 0.25) is 0 Å². The second-order valence-electron chi connectivity index (χ2n) is 8.33. The molecule has 0 aromatic rings. The Morgan fingerprint density at radius 3 is 2.52 bits per heavy atom. The number of ether oxygens (including phenoxy) is 1. The van der Waals surface area contributed by atoms with E-state index in [0.717, 1.165) is 19.4 Å². The molecule has 2 nitrogen and oxygen atoms in total. The smallest absolute Gasteiger partial charge is 0.150 e. The molecule has 2 aliphatic rings. The first-order valence-electron chi connectivity index (χ1n) is 9.93. The van der Waals surface area contributed by atoms with E-state index in [1.807, 2.05) is 23.5 Å². The minimum absolute atomic E-state index is 0.263. The maximum absolute atomic E-state index is 9.90. The third-order valence-corrected chi connectivity index (χ3v) is 9.21. The Bertz CT molecular complexity index is 426. The van der Waals surface area contributed by atoms with Crippen molar-refractivity contribution in [2.24, 2.45) is 35.5 Å². The molecule has 25 heavy (non-hydrogen) atoms. The third-order valence-electron chi connectivity index (χ3n) is 5.97. The first-order valence-corrected chi connectivity index (χ1v) is 11.9. The van der Waals surface area contributed by atoms with Crippen LogP contribution in [0.15, 0.2) is 0 Å². The van der Waals surface area contributed by atoms with Gasteiger partial charge in [0.1, 0.15) is 4.77 Å². The molecule has 0 spiro atoms. The van der Waals surface area contributed by atoms with E-state index in [0.29, 0.717) is 47.4 Å². The van der Waals surface area contributed by atoms with Gasteiger partial charge >= 0.3 is 0 Å². The van der Waals surface area contributed by atoms with Gasteiger partial charge in [0.15, 0.2) is 0 Å². The van der Waals surface area contributed by atoms with Crippen molar-refractivity contribution >= 4 is 23.5 Å². The highest BCUT2D eigenvalue weighted by Crippen LogP contribution is 2.47. The van der Waals surface area contributed by atoms with Gasteiger partial charge in [0.05, 0.1) is 0 Å². The number of aliphatic hydroxyl groups is 1. The molecule has 6 atom stereocenters. The zero-order chi connectivity index (χ0) is 18.4. The summed E-state index contributed by atoms with van der Waals surface area (Å²) in [6, 6.07) is 0. The maximum Gasteiger partial charge on any atom is 0.150 e. The van der Waals surface area contributed by atoms with Crippen LogP contribution >= 0.6 is 23.5 Å². The van der Waals surface area contributed by atoms with E-state index in [9.17, 15) is 5.11 Å². The maximum atomic E-state index is 9.90. The zero-order valence-corrected chi connectivity index (χ0v) is 18.0. The summed E-state index contributed by atoms with van der Waals surface area (Å²) in [5.41, 5.74) is 0. The third kappa shape index (κ3) is 5.83. The van der Waals surface area contributed by atoms with Gasteiger partial charge in [-0.2, -0.15) is 0 Å². The Kier molecular flexibility index (Phi) is 9.02. The Hall–Kier alpha value is 0.180. The molecule has 0 radical (unpaired) electrons. The molecule has 1 aliphatic carbocycles. The summed E-state index contributed by atoms with van der Waals surface area (Å²) in [5.74, 6) is 7.33. The van der Waals surface area contributed by atoms with Crippen molar-refractivity contribution in [3.8, 4) is 12.3 Å². The lowest BCUT2D eigenvalue weighted by Crippen LogP contribution is -2.39. The van der Waals surface area contributed by atoms with Crippen LogP contribution in [0.4, 0.5) is 0 Å². The number of terminal acetylenes is 1. The van der Waals surface area contributed by atoms with Crippen molar-refractivity contribution in [2.45, 2.75) is 63.4 Å². The molecule has 1 saturated heterocycles. The number of hydrogen-bond acceptors (Lipinski definition) is 4. The predicted molar refractivity (Wildman–Crippen MR) is 112 cm³/mol. The van der Waals surface area contributed by atoms with Gasteiger partial charge in [-0.1, -0.05) is 27.7 Å². The predicted octanol–water partition coefficient (Wildman–Crippen LogP) is 5.11. The topological polar surface area (TPSA) is 29.5 Å². The fourth-order valence-electron chi connectivity index (χ4n) is 4.53. The van der Waals surface area contributed by atoms with Gasteiger partial charge in [0.25, 0.3) is 0 Å². The Labute approximate surface area is 163 Å². The molecule has 0 aromatic heterocycles. The van der Waals surface area contributed by atoms with Crippen molar-refractivity contribution in [1.29, 1.82) is 0 Å². The normalized spacial score (nSPS) is 33.2. The second kappa shape index (κ2) is 10.5. The van der Waals surface area contributed by atoms with E-state index in [-0.39, 0.29) is 4.77 Å². The first-order chi connectivity index (χ1) is 12.0. The molecule has 2 fully saturated rings. The molecule has 0 aromatic carbocycles. The van der Waals surface area contributed by atoms with Crippen LogP contribution in [0.1, 0.15) is 53.4 Å². The second-order valence-corrected chi connectivity index (χ2v) is 11.0. The monoisotopic (exact) mass is 384 g/mol. The van der Waals surface area contributed by atoms with Crippen LogP contribution in [-0.4, -0.2) is 34.1 Å². The Morgan fingerprint density at radius 1 is 1.24 bits per heavy atom. The number of hydrogen-bond donors (Lipinski definition) is 1. The highest BCUT2D eigenvalue weighted by molar-refractivity contribution is 8.17. The van der Waals surface area contributed by atoms with Crippen LogP contribution in [0.3, 0.4) is 0 Å². The lowest BCUT2D eigenvalue weighted by Gasteiger charge is -2.43. The van der Waals surface area contributed by atoms with E-state index < -0.39 is 0 Å². The van der Waals surface area contributed by atoms with E-state index in [1.165, 1.54) is 18.6 Å². The largest absolute Gasteiger partial charge is 0.396 e. The summed E-state index contributed by atoms with van der Waals surface area (Å²) < 4.78 is 6.25. The lowest BCUT2D eigenvalue weighted by molar-refractivity contribution is 0.0774. The molecule has 1 saturated carbocycles. The average Bonchev–Trinajstić information content (AvgIpc) is 2.60. The highest BCUT2D eigenvalue weighted by atomic mass is 32.2. The number of rotatable bonds is 7. The fraction of sp³-hybridized carbons (Fsp3) is 0.905. The Morgan fingerprint density at radius 2 is 2.00 bits per heavy atom. The molecular weight excluding hydrogens is 348 g/mol. The number of aliphatic hydroxyl groups excluding tert-OH is 1. The van der Waals surface area contributed by atoms with Gasteiger partial charge in [-0.05, 0) is 61.0 Å². The summed E-state index contributed by atoms with van der Waals surface area (Å²) in [7, 11) is 0. The van der Waals surface area contributed by atoms with Crippen molar-refractivity contribution in [2.75, 3.05) is 19.0 Å². The zero-order valence-electron chi connectivity index (χ0n) is 16.3. The number of thioether (sulfide) groups is 2. The molecule has 144 valence electrons. The van der Waals surface area contributed by atoms with E-state index in [4.69, 9.17) is 11.2 Å². The minimum Gasteiger partial charge on any atom is -0.396 e. The molecule has 1 aliphatic heterocycles. The minimum atomic E-state index is 0.263. The molecular formula is C21H36O2S2. The van der Waals surface area contributed by atoms with E-state index in [2.05, 4.69) is 33.6 Å². The fourth-order valence-corrected chi connectivity index (χ4v) is 7.43.